The molecule has 0 radical (unpaired) electrons. The Morgan fingerprint density at radius 3 is 2.54 bits per heavy atom. The van der Waals surface area contributed by atoms with E-state index in [4.69, 9.17) is 5.73 Å². The number of nitrogens with one attached hydrogen (secondary N) is 1. The summed E-state index contributed by atoms with van der Waals surface area (Å²) < 4.78 is 0. The van der Waals surface area contributed by atoms with Crippen LogP contribution in [-0.4, -0.2) is 59.4 Å². The van der Waals surface area contributed by atoms with Crippen LogP contribution in [0.15, 0.2) is 0 Å². The van der Waals surface area contributed by atoms with Crippen LogP contribution < -0.4 is 11.1 Å². The van der Waals surface area contributed by atoms with Crippen molar-refractivity contribution in [1.29, 1.82) is 0 Å². The average Bonchev–Trinajstić information content (AvgIpc) is 2.75. The van der Waals surface area contributed by atoms with Crippen LogP contribution in [0, 0.1) is 0 Å². The van der Waals surface area contributed by atoms with E-state index in [1.165, 1.54) is 0 Å². The SMILES string of the molecule is CCCCC(CN)NC(=O)CN1C(=O)N(C)C2(CCCCC2)C1=O. The van der Waals surface area contributed by atoms with Crippen molar-refractivity contribution in [3.63, 3.8) is 0 Å². The molecule has 2 rings (SSSR count). The Balaban J connectivity index is 2.00. The van der Waals surface area contributed by atoms with E-state index in [1.54, 1.807) is 11.9 Å². The lowest BCUT2D eigenvalue weighted by Gasteiger charge is -2.35. The number of likely N-dealkylation sites (N-methyl/N-ethyl adjacent to an activating group) is 1. The minimum absolute atomic E-state index is 0.105. The van der Waals surface area contributed by atoms with Gasteiger partial charge in [0.1, 0.15) is 12.1 Å². The van der Waals surface area contributed by atoms with E-state index in [9.17, 15) is 14.4 Å². The zero-order valence-corrected chi connectivity index (χ0v) is 14.8. The predicted octanol–water partition coefficient (Wildman–Crippen LogP) is 1.22. The van der Waals surface area contributed by atoms with Gasteiger partial charge in [-0.3, -0.25) is 14.5 Å². The minimum Gasteiger partial charge on any atom is -0.351 e. The van der Waals surface area contributed by atoms with E-state index in [0.717, 1.165) is 43.4 Å². The maximum atomic E-state index is 12.8. The van der Waals surface area contributed by atoms with Gasteiger partial charge in [0.25, 0.3) is 5.91 Å². The molecule has 0 aromatic heterocycles. The zero-order valence-electron chi connectivity index (χ0n) is 14.8. The number of nitrogens with zero attached hydrogens (tertiary/aromatic N) is 2. The van der Waals surface area contributed by atoms with Gasteiger partial charge in [0, 0.05) is 19.6 Å². The summed E-state index contributed by atoms with van der Waals surface area (Å²) in [5, 5.41) is 2.85. The van der Waals surface area contributed by atoms with Crippen LogP contribution in [0.25, 0.3) is 0 Å². The quantitative estimate of drug-likeness (QED) is 0.682. The van der Waals surface area contributed by atoms with Crippen molar-refractivity contribution < 1.29 is 14.4 Å². The molecule has 1 unspecified atom stereocenters. The van der Waals surface area contributed by atoms with E-state index >= 15 is 0 Å². The van der Waals surface area contributed by atoms with Gasteiger partial charge in [0.05, 0.1) is 0 Å². The molecule has 3 N–H and O–H groups in total. The second-order valence-electron chi connectivity index (χ2n) is 6.97. The van der Waals surface area contributed by atoms with Crippen molar-refractivity contribution in [2.75, 3.05) is 20.1 Å². The Bertz CT molecular complexity index is 488. The topological polar surface area (TPSA) is 95.7 Å². The number of imide groups is 1. The monoisotopic (exact) mass is 338 g/mol. The molecule has 1 saturated carbocycles. The highest BCUT2D eigenvalue weighted by molar-refractivity contribution is 6.08. The number of urea groups is 1. The predicted molar refractivity (Wildman–Crippen MR) is 91.2 cm³/mol. The van der Waals surface area contributed by atoms with Crippen LogP contribution in [-0.2, 0) is 9.59 Å². The number of rotatable bonds is 7. The summed E-state index contributed by atoms with van der Waals surface area (Å²) in [5.74, 6) is -0.535. The Morgan fingerprint density at radius 1 is 1.29 bits per heavy atom. The number of carbonyl (C=O) groups excluding carboxylic acids is 3. The van der Waals surface area contributed by atoms with Crippen LogP contribution in [0.4, 0.5) is 4.79 Å². The minimum atomic E-state index is -0.731. The van der Waals surface area contributed by atoms with Crippen LogP contribution >= 0.6 is 0 Å². The molecular formula is C17H30N4O3. The molecule has 24 heavy (non-hydrogen) atoms. The largest absolute Gasteiger partial charge is 0.351 e. The molecule has 1 spiro atoms. The molecule has 2 aliphatic rings. The normalized spacial score (nSPS) is 21.5. The third-order valence-corrected chi connectivity index (χ3v) is 5.34. The summed E-state index contributed by atoms with van der Waals surface area (Å²) in [5.41, 5.74) is 4.96. The first-order valence-corrected chi connectivity index (χ1v) is 9.05. The lowest BCUT2D eigenvalue weighted by molar-refractivity contribution is -0.137. The third-order valence-electron chi connectivity index (χ3n) is 5.34. The van der Waals surface area contributed by atoms with Crippen LogP contribution in [0.5, 0.6) is 0 Å². The van der Waals surface area contributed by atoms with Gasteiger partial charge in [0.15, 0.2) is 0 Å². The highest BCUT2D eigenvalue weighted by Gasteiger charge is 2.55. The molecule has 4 amide bonds. The zero-order chi connectivity index (χ0) is 17.7. The third kappa shape index (κ3) is 3.55. The van der Waals surface area contributed by atoms with Crippen LogP contribution in [0.3, 0.4) is 0 Å². The van der Waals surface area contributed by atoms with Crippen molar-refractivity contribution in [3.05, 3.63) is 0 Å². The molecule has 7 nitrogen and oxygen atoms in total. The van der Waals surface area contributed by atoms with Crippen LogP contribution in [0.1, 0.15) is 58.3 Å². The van der Waals surface area contributed by atoms with E-state index in [0.29, 0.717) is 19.4 Å². The van der Waals surface area contributed by atoms with Gasteiger partial charge < -0.3 is 16.0 Å². The maximum Gasteiger partial charge on any atom is 0.327 e. The second kappa shape index (κ2) is 7.96. The molecule has 1 heterocycles. The number of amides is 4. The Hall–Kier alpha value is -1.63. The standard InChI is InChI=1S/C17H30N4O3/c1-3-4-8-13(11-18)19-14(22)12-21-15(23)17(20(2)16(21)24)9-6-5-7-10-17/h13H,3-12,18H2,1-2H3,(H,19,22). The van der Waals surface area contributed by atoms with Crippen molar-refractivity contribution in [2.24, 2.45) is 5.73 Å². The second-order valence-corrected chi connectivity index (χ2v) is 6.97. The van der Waals surface area contributed by atoms with Gasteiger partial charge in [-0.15, -0.1) is 0 Å². The molecule has 1 saturated heterocycles. The number of nitrogens with two attached hydrogens (primary N) is 1. The Labute approximate surface area is 143 Å². The molecule has 2 fully saturated rings. The van der Waals surface area contributed by atoms with Gasteiger partial charge in [-0.2, -0.15) is 0 Å². The van der Waals surface area contributed by atoms with Crippen molar-refractivity contribution >= 4 is 17.8 Å². The lowest BCUT2D eigenvalue weighted by atomic mass is 9.81. The molecule has 0 aromatic rings. The smallest absolute Gasteiger partial charge is 0.327 e. The fourth-order valence-electron chi connectivity index (χ4n) is 3.79. The molecule has 1 aliphatic heterocycles. The average molecular weight is 338 g/mol. The van der Waals surface area contributed by atoms with Crippen LogP contribution in [0.2, 0.25) is 0 Å². The fraction of sp³-hybridized carbons (Fsp3) is 0.824. The highest BCUT2D eigenvalue weighted by atomic mass is 16.2. The van der Waals surface area contributed by atoms with Gasteiger partial charge in [-0.05, 0) is 19.3 Å². The maximum absolute atomic E-state index is 12.8. The molecule has 7 heteroatoms. The molecule has 1 atom stereocenters. The van der Waals surface area contributed by atoms with E-state index < -0.39 is 5.54 Å². The van der Waals surface area contributed by atoms with Gasteiger partial charge >= 0.3 is 6.03 Å². The van der Waals surface area contributed by atoms with Crippen molar-refractivity contribution in [2.45, 2.75) is 69.9 Å². The Kier molecular flexibility index (Phi) is 6.21. The first kappa shape index (κ1) is 18.7. The summed E-state index contributed by atoms with van der Waals surface area (Å²) in [6, 6.07) is -0.471. The molecule has 0 aromatic carbocycles. The lowest BCUT2D eigenvalue weighted by Crippen LogP contribution is -2.50. The summed E-state index contributed by atoms with van der Waals surface area (Å²) >= 11 is 0. The number of hydrogen-bond donors (Lipinski definition) is 2. The Morgan fingerprint density at radius 2 is 1.96 bits per heavy atom. The summed E-state index contributed by atoms with van der Waals surface area (Å²) in [4.78, 5) is 40.2. The number of unbranched alkanes of at least 4 members (excludes halogenated alkanes) is 1. The first-order valence-electron chi connectivity index (χ1n) is 9.05. The van der Waals surface area contributed by atoms with E-state index in [1.807, 2.05) is 0 Å². The molecular weight excluding hydrogens is 308 g/mol. The summed E-state index contributed by atoms with van der Waals surface area (Å²) in [6.45, 7) is 2.22. The summed E-state index contributed by atoms with van der Waals surface area (Å²) in [7, 11) is 1.67. The van der Waals surface area contributed by atoms with Crippen molar-refractivity contribution in [1.82, 2.24) is 15.1 Å². The van der Waals surface area contributed by atoms with Gasteiger partial charge in [0.2, 0.25) is 5.91 Å². The van der Waals surface area contributed by atoms with Gasteiger partial charge in [-0.25, -0.2) is 4.79 Å². The highest BCUT2D eigenvalue weighted by Crippen LogP contribution is 2.39. The van der Waals surface area contributed by atoms with E-state index in [-0.39, 0.29) is 30.4 Å². The van der Waals surface area contributed by atoms with Crippen molar-refractivity contribution in [3.8, 4) is 0 Å². The number of carbonyl (C=O) groups is 3. The van der Waals surface area contributed by atoms with Gasteiger partial charge in [-0.1, -0.05) is 39.0 Å². The first-order chi connectivity index (χ1) is 11.5. The fourth-order valence-corrected chi connectivity index (χ4v) is 3.79. The molecule has 1 aliphatic carbocycles. The number of hydrogen-bond acceptors (Lipinski definition) is 4. The summed E-state index contributed by atoms with van der Waals surface area (Å²) in [6.07, 6.45) is 7.17. The molecule has 0 bridgehead atoms. The van der Waals surface area contributed by atoms with E-state index in [2.05, 4.69) is 12.2 Å². The molecule has 136 valence electrons.